The number of hydrogen-bond acceptors (Lipinski definition) is 4. The number of halogens is 1. The Kier molecular flexibility index (Phi) is 2.69. The molecule has 2 heterocycles. The van der Waals surface area contributed by atoms with E-state index < -0.39 is 0 Å². The number of allylic oxidation sites excluding steroid dienone is 1. The van der Waals surface area contributed by atoms with E-state index in [4.69, 9.17) is 17.3 Å². The SMILES string of the molecule is NC(=C1C=CN=C(Cl)N1)c1ccccn1. The van der Waals surface area contributed by atoms with Crippen molar-refractivity contribution in [3.63, 3.8) is 0 Å². The zero-order valence-electron chi connectivity index (χ0n) is 7.81. The fourth-order valence-corrected chi connectivity index (χ4v) is 1.34. The van der Waals surface area contributed by atoms with Crippen molar-refractivity contribution in [3.8, 4) is 0 Å². The molecule has 2 rings (SSSR count). The molecule has 3 N–H and O–H groups in total. The van der Waals surface area contributed by atoms with E-state index in [1.54, 1.807) is 18.5 Å². The van der Waals surface area contributed by atoms with Crippen molar-refractivity contribution in [3.05, 3.63) is 48.1 Å². The monoisotopic (exact) mass is 220 g/mol. The molecule has 0 unspecified atom stereocenters. The number of rotatable bonds is 1. The number of nitrogens with two attached hydrogens (primary N) is 1. The van der Waals surface area contributed by atoms with E-state index in [2.05, 4.69) is 15.3 Å². The van der Waals surface area contributed by atoms with Crippen molar-refractivity contribution >= 4 is 22.6 Å². The second kappa shape index (κ2) is 4.14. The Morgan fingerprint density at radius 3 is 2.93 bits per heavy atom. The van der Waals surface area contributed by atoms with Gasteiger partial charge in [-0.05, 0) is 29.8 Å². The van der Waals surface area contributed by atoms with Gasteiger partial charge in [-0.1, -0.05) is 6.07 Å². The molecule has 0 spiro atoms. The third kappa shape index (κ3) is 2.16. The summed E-state index contributed by atoms with van der Waals surface area (Å²) in [6.45, 7) is 0. The molecular weight excluding hydrogens is 212 g/mol. The van der Waals surface area contributed by atoms with Gasteiger partial charge in [-0.3, -0.25) is 4.98 Å². The molecule has 15 heavy (non-hydrogen) atoms. The molecule has 1 aliphatic rings. The topological polar surface area (TPSA) is 63.3 Å². The van der Waals surface area contributed by atoms with Gasteiger partial charge in [0, 0.05) is 12.4 Å². The number of nitrogens with zero attached hydrogens (tertiary/aromatic N) is 2. The smallest absolute Gasteiger partial charge is 0.200 e. The Morgan fingerprint density at radius 1 is 1.40 bits per heavy atom. The molecule has 1 aliphatic heterocycles. The zero-order valence-corrected chi connectivity index (χ0v) is 8.57. The Morgan fingerprint density at radius 2 is 2.27 bits per heavy atom. The van der Waals surface area contributed by atoms with E-state index in [1.807, 2.05) is 18.2 Å². The molecule has 0 atom stereocenters. The fourth-order valence-electron chi connectivity index (χ4n) is 1.18. The van der Waals surface area contributed by atoms with Crippen LogP contribution >= 0.6 is 11.6 Å². The largest absolute Gasteiger partial charge is 0.395 e. The first-order valence-corrected chi connectivity index (χ1v) is 4.73. The van der Waals surface area contributed by atoms with Gasteiger partial charge < -0.3 is 11.1 Å². The predicted molar refractivity (Wildman–Crippen MR) is 60.9 cm³/mol. The minimum absolute atomic E-state index is 0.298. The van der Waals surface area contributed by atoms with Crippen molar-refractivity contribution in [1.82, 2.24) is 10.3 Å². The summed E-state index contributed by atoms with van der Waals surface area (Å²) in [5.74, 6) is 0. The van der Waals surface area contributed by atoms with E-state index in [9.17, 15) is 0 Å². The normalized spacial score (nSPS) is 18.1. The van der Waals surface area contributed by atoms with Gasteiger partial charge in [-0.25, -0.2) is 4.99 Å². The summed E-state index contributed by atoms with van der Waals surface area (Å²) < 4.78 is 0. The fraction of sp³-hybridized carbons (Fsp3) is 0. The predicted octanol–water partition coefficient (Wildman–Crippen LogP) is 1.42. The summed E-state index contributed by atoms with van der Waals surface area (Å²) in [7, 11) is 0. The van der Waals surface area contributed by atoms with E-state index >= 15 is 0 Å². The van der Waals surface area contributed by atoms with Crippen molar-refractivity contribution in [2.45, 2.75) is 0 Å². The molecule has 0 amide bonds. The number of aromatic nitrogens is 1. The summed E-state index contributed by atoms with van der Waals surface area (Å²) in [4.78, 5) is 7.98. The van der Waals surface area contributed by atoms with Crippen LogP contribution in [-0.2, 0) is 0 Å². The highest BCUT2D eigenvalue weighted by molar-refractivity contribution is 6.65. The first-order chi connectivity index (χ1) is 7.27. The van der Waals surface area contributed by atoms with Crippen molar-refractivity contribution in [2.24, 2.45) is 10.7 Å². The molecule has 1 aromatic rings. The molecule has 0 saturated carbocycles. The lowest BCUT2D eigenvalue weighted by Crippen LogP contribution is -2.22. The molecule has 0 saturated heterocycles. The highest BCUT2D eigenvalue weighted by atomic mass is 35.5. The summed E-state index contributed by atoms with van der Waals surface area (Å²) in [6.07, 6.45) is 5.02. The van der Waals surface area contributed by atoms with Crippen LogP contribution in [0.2, 0.25) is 0 Å². The highest BCUT2D eigenvalue weighted by Gasteiger charge is 2.08. The second-order valence-corrected chi connectivity index (χ2v) is 3.26. The third-order valence-corrected chi connectivity index (χ3v) is 2.09. The molecule has 0 radical (unpaired) electrons. The maximum Gasteiger partial charge on any atom is 0.200 e. The number of hydrogen-bond donors (Lipinski definition) is 2. The van der Waals surface area contributed by atoms with Gasteiger partial charge in [0.25, 0.3) is 0 Å². The van der Waals surface area contributed by atoms with Gasteiger partial charge in [0.15, 0.2) is 5.29 Å². The molecule has 5 heteroatoms. The number of amidine groups is 1. The highest BCUT2D eigenvalue weighted by Crippen LogP contribution is 2.12. The van der Waals surface area contributed by atoms with Crippen molar-refractivity contribution in [2.75, 3.05) is 0 Å². The molecule has 1 aromatic heterocycles. The molecule has 0 fully saturated rings. The van der Waals surface area contributed by atoms with Gasteiger partial charge in [-0.2, -0.15) is 0 Å². The average molecular weight is 221 g/mol. The molecule has 0 aliphatic carbocycles. The lowest BCUT2D eigenvalue weighted by molar-refractivity contribution is 1.13. The van der Waals surface area contributed by atoms with Gasteiger partial charge in [0.05, 0.1) is 17.1 Å². The zero-order chi connectivity index (χ0) is 10.7. The molecule has 76 valence electrons. The van der Waals surface area contributed by atoms with Gasteiger partial charge in [-0.15, -0.1) is 0 Å². The first-order valence-electron chi connectivity index (χ1n) is 4.35. The van der Waals surface area contributed by atoms with Gasteiger partial charge in [0.1, 0.15) is 0 Å². The van der Waals surface area contributed by atoms with Crippen LogP contribution in [-0.4, -0.2) is 10.3 Å². The minimum atomic E-state index is 0.298. The van der Waals surface area contributed by atoms with Gasteiger partial charge >= 0.3 is 0 Å². The molecule has 0 aromatic carbocycles. The van der Waals surface area contributed by atoms with Crippen LogP contribution in [0, 0.1) is 0 Å². The minimum Gasteiger partial charge on any atom is -0.395 e. The van der Waals surface area contributed by atoms with E-state index in [1.165, 1.54) is 0 Å². The Hall–Kier alpha value is -1.81. The lowest BCUT2D eigenvalue weighted by Gasteiger charge is -2.11. The van der Waals surface area contributed by atoms with Crippen LogP contribution in [0.4, 0.5) is 0 Å². The standard InChI is InChI=1S/C10H9ClN4/c11-10-14-6-4-8(15-10)9(12)7-3-1-2-5-13-7/h1-6H,12H2,(H,14,15). The third-order valence-electron chi connectivity index (χ3n) is 1.90. The van der Waals surface area contributed by atoms with E-state index in [-0.39, 0.29) is 0 Å². The van der Waals surface area contributed by atoms with Crippen LogP contribution < -0.4 is 11.1 Å². The second-order valence-electron chi connectivity index (χ2n) is 2.90. The van der Waals surface area contributed by atoms with Crippen molar-refractivity contribution in [1.29, 1.82) is 0 Å². The maximum atomic E-state index is 5.92. The van der Waals surface area contributed by atoms with E-state index in [0.29, 0.717) is 22.4 Å². The van der Waals surface area contributed by atoms with Crippen LogP contribution in [0.5, 0.6) is 0 Å². The number of nitrogens with one attached hydrogen (secondary N) is 1. The first kappa shape index (κ1) is 9.73. The molecule has 0 bridgehead atoms. The van der Waals surface area contributed by atoms with Crippen molar-refractivity contribution < 1.29 is 0 Å². The Balaban J connectivity index is 2.35. The molecular formula is C10H9ClN4. The molecule has 4 nitrogen and oxygen atoms in total. The number of pyridine rings is 1. The summed E-state index contributed by atoms with van der Waals surface area (Å²) >= 11 is 5.72. The maximum absolute atomic E-state index is 5.92. The van der Waals surface area contributed by atoms with Crippen LogP contribution in [0.15, 0.2) is 47.4 Å². The lowest BCUT2D eigenvalue weighted by atomic mass is 10.2. The summed E-state index contributed by atoms with van der Waals surface area (Å²) in [5, 5.41) is 3.16. The van der Waals surface area contributed by atoms with Crippen LogP contribution in [0.25, 0.3) is 5.70 Å². The summed E-state index contributed by atoms with van der Waals surface area (Å²) in [6, 6.07) is 5.54. The summed E-state index contributed by atoms with van der Waals surface area (Å²) in [5.41, 5.74) is 7.87. The van der Waals surface area contributed by atoms with Crippen LogP contribution in [0.3, 0.4) is 0 Å². The Labute approximate surface area is 92.2 Å². The van der Waals surface area contributed by atoms with Gasteiger partial charge in [0.2, 0.25) is 0 Å². The Bertz CT molecular complexity index is 448. The average Bonchev–Trinajstić information content (AvgIpc) is 2.29. The number of aliphatic imine (C=N–C) groups is 1. The van der Waals surface area contributed by atoms with E-state index in [0.717, 1.165) is 0 Å². The van der Waals surface area contributed by atoms with Crippen LogP contribution in [0.1, 0.15) is 5.69 Å². The quantitative estimate of drug-likeness (QED) is 0.704.